The van der Waals surface area contributed by atoms with Crippen molar-refractivity contribution in [2.45, 2.75) is 66.3 Å². The lowest BCUT2D eigenvalue weighted by Gasteiger charge is -2.29. The Morgan fingerprint density at radius 3 is 2.18 bits per heavy atom. The zero-order valence-electron chi connectivity index (χ0n) is 14.8. The summed E-state index contributed by atoms with van der Waals surface area (Å²) < 4.78 is 0. The Morgan fingerprint density at radius 1 is 1.14 bits per heavy atom. The predicted octanol–water partition coefficient (Wildman–Crippen LogP) is 2.64. The molecule has 0 saturated heterocycles. The third kappa shape index (κ3) is 7.25. The molecule has 0 rings (SSSR count). The fourth-order valence-electron chi connectivity index (χ4n) is 2.71. The fraction of sp³-hybridized carbons (Fsp3) is 0.882. The van der Waals surface area contributed by atoms with Gasteiger partial charge in [0.2, 0.25) is 5.91 Å². The summed E-state index contributed by atoms with van der Waals surface area (Å²) in [5.74, 6) is -0.256. The van der Waals surface area contributed by atoms with Crippen LogP contribution in [0.3, 0.4) is 0 Å². The number of amides is 1. The van der Waals surface area contributed by atoms with Crippen molar-refractivity contribution in [2.24, 2.45) is 29.4 Å². The lowest BCUT2D eigenvalue weighted by molar-refractivity contribution is -0.139. The van der Waals surface area contributed by atoms with Crippen molar-refractivity contribution < 1.29 is 14.7 Å². The number of carbonyl (C=O) groups excluding carboxylic acids is 1. The zero-order chi connectivity index (χ0) is 17.3. The number of nitrogens with one attached hydrogen (secondary N) is 1. The highest BCUT2D eigenvalue weighted by molar-refractivity contribution is 5.81. The van der Waals surface area contributed by atoms with Gasteiger partial charge >= 0.3 is 5.97 Å². The first-order chi connectivity index (χ1) is 10.2. The van der Waals surface area contributed by atoms with Gasteiger partial charge in [0.25, 0.3) is 0 Å². The van der Waals surface area contributed by atoms with Crippen LogP contribution in [0.2, 0.25) is 0 Å². The van der Waals surface area contributed by atoms with Crippen LogP contribution in [0.1, 0.15) is 60.3 Å². The highest BCUT2D eigenvalue weighted by Crippen LogP contribution is 2.26. The van der Waals surface area contributed by atoms with Gasteiger partial charge in [0.15, 0.2) is 0 Å². The van der Waals surface area contributed by atoms with Gasteiger partial charge in [0.05, 0.1) is 12.5 Å². The van der Waals surface area contributed by atoms with E-state index in [0.29, 0.717) is 12.5 Å². The number of hydrogen-bond donors (Lipinski definition) is 3. The first-order valence-electron chi connectivity index (χ1n) is 8.49. The minimum atomic E-state index is -0.818. The molecule has 4 N–H and O–H groups in total. The van der Waals surface area contributed by atoms with Gasteiger partial charge in [-0.25, -0.2) is 0 Å². The predicted molar refractivity (Wildman–Crippen MR) is 89.4 cm³/mol. The number of carbonyl (C=O) groups is 2. The van der Waals surface area contributed by atoms with E-state index in [0.717, 1.165) is 19.3 Å². The summed E-state index contributed by atoms with van der Waals surface area (Å²) in [6, 6.07) is -0.529. The van der Waals surface area contributed by atoms with Crippen LogP contribution in [0.25, 0.3) is 0 Å². The Labute approximate surface area is 135 Å². The van der Waals surface area contributed by atoms with Crippen LogP contribution in [0.4, 0.5) is 0 Å². The van der Waals surface area contributed by atoms with Gasteiger partial charge < -0.3 is 16.2 Å². The Morgan fingerprint density at radius 2 is 1.73 bits per heavy atom. The molecule has 0 aliphatic carbocycles. The highest BCUT2D eigenvalue weighted by atomic mass is 16.4. The molecule has 0 aliphatic heterocycles. The molecule has 0 aliphatic rings. The molecule has 0 bridgehead atoms. The first kappa shape index (κ1) is 20.9. The molecule has 5 atom stereocenters. The van der Waals surface area contributed by atoms with Crippen LogP contribution in [0.15, 0.2) is 0 Å². The third-order valence-corrected chi connectivity index (χ3v) is 4.92. The zero-order valence-corrected chi connectivity index (χ0v) is 14.8. The maximum absolute atomic E-state index is 12.1. The van der Waals surface area contributed by atoms with E-state index in [2.05, 4.69) is 26.1 Å². The van der Waals surface area contributed by atoms with E-state index in [-0.39, 0.29) is 30.1 Å². The Balaban J connectivity index is 4.66. The van der Waals surface area contributed by atoms with Crippen molar-refractivity contribution in [1.29, 1.82) is 0 Å². The van der Waals surface area contributed by atoms with Crippen LogP contribution in [0, 0.1) is 23.7 Å². The quantitative estimate of drug-likeness (QED) is 0.546. The molecule has 0 aromatic carbocycles. The van der Waals surface area contributed by atoms with Gasteiger partial charge in [-0.05, 0) is 23.7 Å². The van der Waals surface area contributed by atoms with Gasteiger partial charge in [-0.3, -0.25) is 9.59 Å². The molecule has 1 amide bonds. The van der Waals surface area contributed by atoms with Gasteiger partial charge in [0.1, 0.15) is 0 Å². The molecular weight excluding hydrogens is 280 g/mol. The van der Waals surface area contributed by atoms with Crippen molar-refractivity contribution in [1.82, 2.24) is 5.32 Å². The van der Waals surface area contributed by atoms with Crippen LogP contribution >= 0.6 is 0 Å². The van der Waals surface area contributed by atoms with E-state index in [1.807, 2.05) is 13.8 Å². The molecule has 0 spiro atoms. The van der Waals surface area contributed by atoms with Gasteiger partial charge in [-0.1, -0.05) is 53.9 Å². The summed E-state index contributed by atoms with van der Waals surface area (Å²) >= 11 is 0. The summed E-state index contributed by atoms with van der Waals surface area (Å²) in [5.41, 5.74) is 5.91. The van der Waals surface area contributed by atoms with Crippen LogP contribution in [-0.4, -0.2) is 29.6 Å². The number of carboxylic acid groups (broad SMARTS) is 1. The molecule has 1 unspecified atom stereocenters. The molecule has 22 heavy (non-hydrogen) atoms. The Hall–Kier alpha value is -1.10. The number of hydrogen-bond acceptors (Lipinski definition) is 3. The van der Waals surface area contributed by atoms with Crippen LogP contribution in [0.5, 0.6) is 0 Å². The van der Waals surface area contributed by atoms with Crippen molar-refractivity contribution >= 4 is 11.9 Å². The molecule has 0 aromatic rings. The maximum atomic E-state index is 12.1. The SMILES string of the molecule is CCC[C@@H](C)[C@@H](C)[C@H](CNC(=O)[C@@H](N)C(C)CC)CC(=O)O. The van der Waals surface area contributed by atoms with E-state index in [4.69, 9.17) is 10.8 Å². The first-order valence-corrected chi connectivity index (χ1v) is 8.49. The van der Waals surface area contributed by atoms with E-state index in [1.165, 1.54) is 0 Å². The average molecular weight is 314 g/mol. The van der Waals surface area contributed by atoms with Crippen molar-refractivity contribution in [3.05, 3.63) is 0 Å². The normalized spacial score (nSPS) is 18.1. The number of rotatable bonds is 11. The summed E-state index contributed by atoms with van der Waals surface area (Å²) in [6.45, 7) is 10.7. The number of carboxylic acids is 1. The van der Waals surface area contributed by atoms with E-state index in [9.17, 15) is 9.59 Å². The Kier molecular flexibility index (Phi) is 10.1. The maximum Gasteiger partial charge on any atom is 0.303 e. The fourth-order valence-corrected chi connectivity index (χ4v) is 2.71. The molecule has 130 valence electrons. The minimum absolute atomic E-state index is 0.0628. The smallest absolute Gasteiger partial charge is 0.303 e. The summed E-state index contributed by atoms with van der Waals surface area (Å²) in [4.78, 5) is 23.2. The molecule has 0 saturated carbocycles. The van der Waals surface area contributed by atoms with E-state index >= 15 is 0 Å². The van der Waals surface area contributed by atoms with Gasteiger partial charge in [0, 0.05) is 6.54 Å². The molecule has 0 aromatic heterocycles. The second-order valence-electron chi connectivity index (χ2n) is 6.64. The highest BCUT2D eigenvalue weighted by Gasteiger charge is 2.26. The largest absolute Gasteiger partial charge is 0.481 e. The molecule has 5 nitrogen and oxygen atoms in total. The number of aliphatic carboxylic acids is 1. The van der Waals surface area contributed by atoms with Crippen LogP contribution in [-0.2, 0) is 9.59 Å². The average Bonchev–Trinajstić information content (AvgIpc) is 2.48. The molecule has 0 fully saturated rings. The van der Waals surface area contributed by atoms with E-state index in [1.54, 1.807) is 0 Å². The van der Waals surface area contributed by atoms with E-state index < -0.39 is 12.0 Å². The van der Waals surface area contributed by atoms with Gasteiger partial charge in [-0.2, -0.15) is 0 Å². The summed E-state index contributed by atoms with van der Waals surface area (Å²) in [6.07, 6.45) is 3.07. The van der Waals surface area contributed by atoms with Crippen molar-refractivity contribution in [2.75, 3.05) is 6.54 Å². The summed E-state index contributed by atoms with van der Waals surface area (Å²) in [5, 5.41) is 12.0. The van der Waals surface area contributed by atoms with Crippen molar-refractivity contribution in [3.63, 3.8) is 0 Å². The monoisotopic (exact) mass is 314 g/mol. The second-order valence-corrected chi connectivity index (χ2v) is 6.64. The Bertz CT molecular complexity index is 347. The topological polar surface area (TPSA) is 92.4 Å². The minimum Gasteiger partial charge on any atom is -0.481 e. The lowest BCUT2D eigenvalue weighted by atomic mass is 9.80. The number of nitrogens with two attached hydrogens (primary N) is 1. The third-order valence-electron chi connectivity index (χ3n) is 4.92. The standard InChI is InChI=1S/C17H34N2O3/c1-6-8-12(4)13(5)14(9-15(20)21)10-19-17(22)16(18)11(3)7-2/h11-14,16H,6-10,18H2,1-5H3,(H,19,22)(H,20,21)/t11?,12-,13-,14+,16+/m1/s1. The lowest BCUT2D eigenvalue weighted by Crippen LogP contribution is -2.46. The molecule has 0 radical (unpaired) electrons. The van der Waals surface area contributed by atoms with Crippen molar-refractivity contribution in [3.8, 4) is 0 Å². The summed E-state index contributed by atoms with van der Waals surface area (Å²) in [7, 11) is 0. The van der Waals surface area contributed by atoms with Gasteiger partial charge in [-0.15, -0.1) is 0 Å². The van der Waals surface area contributed by atoms with Crippen LogP contribution < -0.4 is 11.1 Å². The second kappa shape index (κ2) is 10.6. The molecule has 5 heteroatoms. The molecular formula is C17H34N2O3. The molecule has 0 heterocycles.